The molecule has 0 unspecified atom stereocenters. The van der Waals surface area contributed by atoms with Gasteiger partial charge in [0.1, 0.15) is 0 Å². The van der Waals surface area contributed by atoms with Gasteiger partial charge in [0.2, 0.25) is 11.8 Å². The van der Waals surface area contributed by atoms with Crippen molar-refractivity contribution in [2.24, 2.45) is 0 Å². The number of carbonyl (C=O) groups excluding carboxylic acids is 2. The summed E-state index contributed by atoms with van der Waals surface area (Å²) >= 11 is 0. The zero-order valence-corrected chi connectivity index (χ0v) is 8.04. The molecule has 0 radical (unpaired) electrons. The Hall–Kier alpha value is -1.10. The second kappa shape index (κ2) is 6.42. The summed E-state index contributed by atoms with van der Waals surface area (Å²) in [6.07, 6.45) is 0.694. The highest BCUT2D eigenvalue weighted by atomic mass is 16.3. The lowest BCUT2D eigenvalue weighted by Crippen LogP contribution is -2.36. The van der Waals surface area contributed by atoms with Crippen LogP contribution in [0.25, 0.3) is 0 Å². The third kappa shape index (κ3) is 6.10. The Morgan fingerprint density at radius 3 is 2.46 bits per heavy atom. The first-order valence-corrected chi connectivity index (χ1v) is 4.15. The van der Waals surface area contributed by atoms with Gasteiger partial charge in [0.15, 0.2) is 0 Å². The Labute approximate surface area is 77.7 Å². The summed E-state index contributed by atoms with van der Waals surface area (Å²) in [4.78, 5) is 23.3. The number of aliphatic hydroxyl groups is 1. The average Bonchev–Trinajstić information content (AvgIpc) is 2.10. The van der Waals surface area contributed by atoms with E-state index in [-0.39, 0.29) is 31.4 Å². The standard InChI is InChI=1S/C8H16N2O3/c1-10(2)8(13)6-9-7(12)4-3-5-11/h11H,3-6H2,1-2H3,(H,9,12). The van der Waals surface area contributed by atoms with Crippen LogP contribution < -0.4 is 5.32 Å². The van der Waals surface area contributed by atoms with E-state index in [1.807, 2.05) is 0 Å². The predicted octanol–water partition coefficient (Wildman–Crippen LogP) is -1.04. The normalized spacial score (nSPS) is 9.46. The lowest BCUT2D eigenvalue weighted by Gasteiger charge is -2.10. The molecule has 0 atom stereocenters. The molecule has 0 spiro atoms. The first-order valence-electron chi connectivity index (χ1n) is 4.15. The highest BCUT2D eigenvalue weighted by Crippen LogP contribution is 1.86. The van der Waals surface area contributed by atoms with E-state index in [0.29, 0.717) is 6.42 Å². The van der Waals surface area contributed by atoms with E-state index >= 15 is 0 Å². The van der Waals surface area contributed by atoms with Crippen LogP contribution in [0.2, 0.25) is 0 Å². The van der Waals surface area contributed by atoms with Crippen LogP contribution in [-0.2, 0) is 9.59 Å². The summed E-state index contributed by atoms with van der Waals surface area (Å²) in [6.45, 7) is 0.0201. The minimum atomic E-state index is -0.204. The van der Waals surface area contributed by atoms with Crippen LogP contribution >= 0.6 is 0 Å². The van der Waals surface area contributed by atoms with E-state index in [2.05, 4.69) is 5.32 Å². The molecule has 13 heavy (non-hydrogen) atoms. The summed E-state index contributed by atoms with van der Waals surface area (Å²) < 4.78 is 0. The highest BCUT2D eigenvalue weighted by molar-refractivity contribution is 5.84. The molecule has 0 bridgehead atoms. The molecule has 0 aliphatic carbocycles. The summed E-state index contributed by atoms with van der Waals surface area (Å²) in [6, 6.07) is 0. The van der Waals surface area contributed by atoms with Crippen molar-refractivity contribution in [2.45, 2.75) is 12.8 Å². The molecule has 76 valence electrons. The maximum atomic E-state index is 11.0. The van der Waals surface area contributed by atoms with Crippen molar-refractivity contribution in [1.29, 1.82) is 0 Å². The van der Waals surface area contributed by atoms with Gasteiger partial charge < -0.3 is 15.3 Å². The van der Waals surface area contributed by atoms with Crippen molar-refractivity contribution in [2.75, 3.05) is 27.2 Å². The molecular weight excluding hydrogens is 172 g/mol. The van der Waals surface area contributed by atoms with E-state index in [1.54, 1.807) is 14.1 Å². The summed E-state index contributed by atoms with van der Waals surface area (Å²) in [5.41, 5.74) is 0. The van der Waals surface area contributed by atoms with Gasteiger partial charge in [-0.3, -0.25) is 9.59 Å². The summed E-state index contributed by atoms with van der Waals surface area (Å²) in [5.74, 6) is -0.346. The molecule has 2 amide bonds. The number of nitrogens with zero attached hydrogens (tertiary/aromatic N) is 1. The fourth-order valence-electron chi connectivity index (χ4n) is 0.660. The zero-order valence-electron chi connectivity index (χ0n) is 8.04. The molecule has 0 fully saturated rings. The Bertz CT molecular complexity index is 180. The number of amides is 2. The first kappa shape index (κ1) is 11.9. The molecule has 5 heteroatoms. The SMILES string of the molecule is CN(C)C(=O)CNC(=O)CCCO. The number of carbonyl (C=O) groups is 2. The molecule has 0 heterocycles. The van der Waals surface area contributed by atoms with Crippen molar-refractivity contribution in [3.8, 4) is 0 Å². The molecular formula is C8H16N2O3. The van der Waals surface area contributed by atoms with Crippen molar-refractivity contribution in [3.05, 3.63) is 0 Å². The molecule has 0 aliphatic rings. The van der Waals surface area contributed by atoms with Crippen LogP contribution in [-0.4, -0.2) is 49.1 Å². The summed E-state index contributed by atoms with van der Waals surface area (Å²) in [7, 11) is 3.25. The van der Waals surface area contributed by atoms with Gasteiger partial charge in [-0.25, -0.2) is 0 Å². The Balaban J connectivity index is 3.52. The van der Waals surface area contributed by atoms with E-state index in [9.17, 15) is 9.59 Å². The minimum absolute atomic E-state index is 0.00491. The Morgan fingerprint density at radius 2 is 2.00 bits per heavy atom. The van der Waals surface area contributed by atoms with Gasteiger partial charge in [0, 0.05) is 27.1 Å². The van der Waals surface area contributed by atoms with Gasteiger partial charge in [0.25, 0.3) is 0 Å². The fraction of sp³-hybridized carbons (Fsp3) is 0.750. The number of likely N-dealkylation sites (N-methyl/N-ethyl adjacent to an activating group) is 1. The highest BCUT2D eigenvalue weighted by Gasteiger charge is 2.05. The molecule has 0 saturated heterocycles. The quantitative estimate of drug-likeness (QED) is 0.579. The van der Waals surface area contributed by atoms with Crippen molar-refractivity contribution in [3.63, 3.8) is 0 Å². The van der Waals surface area contributed by atoms with Gasteiger partial charge in [-0.1, -0.05) is 0 Å². The van der Waals surface area contributed by atoms with Gasteiger partial charge in [-0.15, -0.1) is 0 Å². The fourth-order valence-corrected chi connectivity index (χ4v) is 0.660. The average molecular weight is 188 g/mol. The molecule has 0 rings (SSSR count). The van der Waals surface area contributed by atoms with E-state index in [4.69, 9.17) is 5.11 Å². The molecule has 0 saturated carbocycles. The monoisotopic (exact) mass is 188 g/mol. The van der Waals surface area contributed by atoms with Crippen molar-refractivity contribution >= 4 is 11.8 Å². The van der Waals surface area contributed by atoms with E-state index < -0.39 is 0 Å². The summed E-state index contributed by atoms with van der Waals surface area (Å²) in [5, 5.41) is 10.9. The smallest absolute Gasteiger partial charge is 0.241 e. The first-order chi connectivity index (χ1) is 6.07. The number of hydrogen-bond acceptors (Lipinski definition) is 3. The lowest BCUT2D eigenvalue weighted by molar-refractivity contribution is -0.130. The van der Waals surface area contributed by atoms with Crippen molar-refractivity contribution in [1.82, 2.24) is 10.2 Å². The third-order valence-electron chi connectivity index (χ3n) is 1.50. The van der Waals surface area contributed by atoms with Crippen LogP contribution in [0.4, 0.5) is 0 Å². The van der Waals surface area contributed by atoms with Crippen LogP contribution in [0.5, 0.6) is 0 Å². The lowest BCUT2D eigenvalue weighted by atomic mass is 10.3. The van der Waals surface area contributed by atoms with Crippen LogP contribution in [0.3, 0.4) is 0 Å². The predicted molar refractivity (Wildman–Crippen MR) is 48.0 cm³/mol. The van der Waals surface area contributed by atoms with Gasteiger partial charge in [-0.2, -0.15) is 0 Å². The van der Waals surface area contributed by atoms with Gasteiger partial charge in [0.05, 0.1) is 6.54 Å². The van der Waals surface area contributed by atoms with Crippen molar-refractivity contribution < 1.29 is 14.7 Å². The molecule has 5 nitrogen and oxygen atoms in total. The molecule has 0 aliphatic heterocycles. The van der Waals surface area contributed by atoms with Crippen LogP contribution in [0.1, 0.15) is 12.8 Å². The van der Waals surface area contributed by atoms with Crippen LogP contribution in [0, 0.1) is 0 Å². The second-order valence-electron chi connectivity index (χ2n) is 2.89. The van der Waals surface area contributed by atoms with Gasteiger partial charge in [-0.05, 0) is 6.42 Å². The minimum Gasteiger partial charge on any atom is -0.396 e. The number of rotatable bonds is 5. The Morgan fingerprint density at radius 1 is 1.38 bits per heavy atom. The molecule has 0 aromatic carbocycles. The largest absolute Gasteiger partial charge is 0.396 e. The number of aliphatic hydroxyl groups excluding tert-OH is 1. The Kier molecular flexibility index (Phi) is 5.88. The maximum absolute atomic E-state index is 11.0. The second-order valence-corrected chi connectivity index (χ2v) is 2.89. The number of nitrogens with one attached hydrogen (secondary N) is 1. The molecule has 2 N–H and O–H groups in total. The number of hydrogen-bond donors (Lipinski definition) is 2. The van der Waals surface area contributed by atoms with Crippen LogP contribution in [0.15, 0.2) is 0 Å². The zero-order chi connectivity index (χ0) is 10.3. The van der Waals surface area contributed by atoms with E-state index in [0.717, 1.165) is 0 Å². The molecule has 0 aromatic heterocycles. The third-order valence-corrected chi connectivity index (χ3v) is 1.50. The maximum Gasteiger partial charge on any atom is 0.241 e. The topological polar surface area (TPSA) is 69.6 Å². The van der Waals surface area contributed by atoms with E-state index in [1.165, 1.54) is 4.90 Å². The van der Waals surface area contributed by atoms with Gasteiger partial charge >= 0.3 is 0 Å². The molecule has 0 aromatic rings.